The van der Waals surface area contributed by atoms with Crippen molar-refractivity contribution in [1.29, 1.82) is 0 Å². The highest BCUT2D eigenvalue weighted by Gasteiger charge is 2.29. The number of aliphatic hydroxyl groups is 1. The van der Waals surface area contributed by atoms with E-state index in [-0.39, 0.29) is 17.7 Å². The van der Waals surface area contributed by atoms with Gasteiger partial charge in [0.1, 0.15) is 17.4 Å². The Kier molecular flexibility index (Phi) is 3.70. The third kappa shape index (κ3) is 2.67. The zero-order valence-corrected chi connectivity index (χ0v) is 11.7. The summed E-state index contributed by atoms with van der Waals surface area (Å²) in [5.41, 5.74) is 1.40. The molecule has 3 rings (SSSR count). The molecule has 2 aromatic rings. The van der Waals surface area contributed by atoms with E-state index < -0.39 is 6.10 Å². The molecule has 2 N–H and O–H groups in total. The number of rotatable bonds is 4. The second kappa shape index (κ2) is 5.65. The van der Waals surface area contributed by atoms with Gasteiger partial charge in [0.25, 0.3) is 5.91 Å². The van der Waals surface area contributed by atoms with Gasteiger partial charge in [-0.1, -0.05) is 5.16 Å². The van der Waals surface area contributed by atoms with E-state index in [9.17, 15) is 9.90 Å². The normalized spacial score (nSPS) is 16.3. The lowest BCUT2D eigenvalue weighted by molar-refractivity contribution is 0.0904. The van der Waals surface area contributed by atoms with Gasteiger partial charge < -0.3 is 14.9 Å². The van der Waals surface area contributed by atoms with E-state index in [1.54, 1.807) is 31.5 Å². The summed E-state index contributed by atoms with van der Waals surface area (Å²) in [6, 6.07) is 3.77. The van der Waals surface area contributed by atoms with Crippen LogP contribution in [0.1, 0.15) is 48.4 Å². The quantitative estimate of drug-likeness (QED) is 0.898. The van der Waals surface area contributed by atoms with E-state index in [0.29, 0.717) is 16.8 Å². The molecule has 1 atom stereocenters. The van der Waals surface area contributed by atoms with E-state index in [4.69, 9.17) is 4.52 Å². The predicted octanol–water partition coefficient (Wildman–Crippen LogP) is 2.07. The Balaban J connectivity index is 1.98. The van der Waals surface area contributed by atoms with Gasteiger partial charge in [-0.15, -0.1) is 0 Å². The molecule has 1 aliphatic carbocycles. The fourth-order valence-corrected chi connectivity index (χ4v) is 2.32. The minimum Gasteiger partial charge on any atom is -0.385 e. The van der Waals surface area contributed by atoms with Crippen LogP contribution in [0.25, 0.3) is 11.3 Å². The average Bonchev–Trinajstić information content (AvgIpc) is 2.88. The van der Waals surface area contributed by atoms with Crippen LogP contribution in [0.5, 0.6) is 0 Å². The summed E-state index contributed by atoms with van der Waals surface area (Å²) in [6.45, 7) is 1.55. The lowest BCUT2D eigenvalue weighted by Crippen LogP contribution is -2.39. The Morgan fingerprint density at radius 1 is 1.52 bits per heavy atom. The van der Waals surface area contributed by atoms with Crippen molar-refractivity contribution in [3.05, 3.63) is 35.9 Å². The maximum absolute atomic E-state index is 12.5. The van der Waals surface area contributed by atoms with Gasteiger partial charge in [-0.25, -0.2) is 0 Å². The van der Waals surface area contributed by atoms with Crippen molar-refractivity contribution in [1.82, 2.24) is 15.5 Å². The van der Waals surface area contributed by atoms with Crippen LogP contribution < -0.4 is 5.32 Å². The minimum absolute atomic E-state index is 0.186. The van der Waals surface area contributed by atoms with Crippen molar-refractivity contribution in [2.24, 2.45) is 0 Å². The van der Waals surface area contributed by atoms with Crippen molar-refractivity contribution in [3.63, 3.8) is 0 Å². The standard InChI is InChI=1S/C15H17N3O3/c1-9(19)14-12(15(20)17-11-5-2-6-11)13(18-21-14)10-4-3-7-16-8-10/h3-4,7-9,11,19H,2,5-6H2,1H3,(H,17,20). The molecule has 1 unspecified atom stereocenters. The number of amides is 1. The molecule has 2 heterocycles. The Bertz CT molecular complexity index is 633. The predicted molar refractivity (Wildman–Crippen MR) is 75.5 cm³/mol. The lowest BCUT2D eigenvalue weighted by atomic mass is 9.92. The summed E-state index contributed by atoms with van der Waals surface area (Å²) >= 11 is 0. The Morgan fingerprint density at radius 3 is 2.90 bits per heavy atom. The largest absolute Gasteiger partial charge is 0.385 e. The highest BCUT2D eigenvalue weighted by atomic mass is 16.5. The summed E-state index contributed by atoms with van der Waals surface area (Å²) in [5.74, 6) is -0.0682. The number of hydrogen-bond acceptors (Lipinski definition) is 5. The average molecular weight is 287 g/mol. The topological polar surface area (TPSA) is 88.2 Å². The fourth-order valence-electron chi connectivity index (χ4n) is 2.32. The Labute approximate surface area is 122 Å². The molecule has 0 bridgehead atoms. The Hall–Kier alpha value is -2.21. The molecule has 0 saturated heterocycles. The molecule has 1 aliphatic rings. The first-order valence-corrected chi connectivity index (χ1v) is 7.05. The van der Waals surface area contributed by atoms with Crippen molar-refractivity contribution in [3.8, 4) is 11.3 Å². The van der Waals surface area contributed by atoms with Crippen LogP contribution in [0.4, 0.5) is 0 Å². The number of pyridine rings is 1. The summed E-state index contributed by atoms with van der Waals surface area (Å²) in [4.78, 5) is 16.5. The maximum Gasteiger partial charge on any atom is 0.257 e. The lowest BCUT2D eigenvalue weighted by Gasteiger charge is -2.26. The van der Waals surface area contributed by atoms with Crippen molar-refractivity contribution >= 4 is 5.91 Å². The van der Waals surface area contributed by atoms with Crippen LogP contribution in [-0.2, 0) is 0 Å². The SMILES string of the molecule is CC(O)c1onc(-c2cccnc2)c1C(=O)NC1CCC1. The van der Waals surface area contributed by atoms with E-state index >= 15 is 0 Å². The number of hydrogen-bond donors (Lipinski definition) is 2. The van der Waals surface area contributed by atoms with Crippen molar-refractivity contribution in [2.45, 2.75) is 38.3 Å². The number of carbonyl (C=O) groups is 1. The molecular weight excluding hydrogens is 270 g/mol. The monoisotopic (exact) mass is 287 g/mol. The molecule has 110 valence electrons. The van der Waals surface area contributed by atoms with Gasteiger partial charge in [-0.2, -0.15) is 0 Å². The molecule has 2 aromatic heterocycles. The van der Waals surface area contributed by atoms with E-state index in [0.717, 1.165) is 19.3 Å². The second-order valence-corrected chi connectivity index (χ2v) is 5.29. The molecule has 6 heteroatoms. The van der Waals surface area contributed by atoms with Crippen LogP contribution in [0, 0.1) is 0 Å². The van der Waals surface area contributed by atoms with Gasteiger partial charge in [0, 0.05) is 24.0 Å². The highest BCUT2D eigenvalue weighted by Crippen LogP contribution is 2.29. The first-order valence-electron chi connectivity index (χ1n) is 7.05. The molecule has 0 radical (unpaired) electrons. The summed E-state index contributed by atoms with van der Waals surface area (Å²) < 4.78 is 5.18. The van der Waals surface area contributed by atoms with Crippen LogP contribution in [0.3, 0.4) is 0 Å². The molecule has 0 spiro atoms. The summed E-state index contributed by atoms with van der Waals surface area (Å²) in [7, 11) is 0. The second-order valence-electron chi connectivity index (χ2n) is 5.29. The van der Waals surface area contributed by atoms with Crippen LogP contribution >= 0.6 is 0 Å². The molecule has 0 aromatic carbocycles. The van der Waals surface area contributed by atoms with Crippen LogP contribution in [0.2, 0.25) is 0 Å². The maximum atomic E-state index is 12.5. The van der Waals surface area contributed by atoms with Crippen LogP contribution in [0.15, 0.2) is 29.0 Å². The zero-order chi connectivity index (χ0) is 14.8. The first-order chi connectivity index (χ1) is 10.2. The van der Waals surface area contributed by atoms with Crippen molar-refractivity contribution in [2.75, 3.05) is 0 Å². The van der Waals surface area contributed by atoms with Gasteiger partial charge >= 0.3 is 0 Å². The third-order valence-corrected chi connectivity index (χ3v) is 3.70. The number of aromatic nitrogens is 2. The number of nitrogens with zero attached hydrogens (tertiary/aromatic N) is 2. The smallest absolute Gasteiger partial charge is 0.257 e. The van der Waals surface area contributed by atoms with Gasteiger partial charge in [0.15, 0.2) is 5.76 Å². The number of nitrogens with one attached hydrogen (secondary N) is 1. The molecule has 6 nitrogen and oxygen atoms in total. The minimum atomic E-state index is -0.898. The van der Waals surface area contributed by atoms with E-state index in [1.807, 2.05) is 0 Å². The zero-order valence-electron chi connectivity index (χ0n) is 11.7. The van der Waals surface area contributed by atoms with Gasteiger partial charge in [0.2, 0.25) is 0 Å². The fraction of sp³-hybridized carbons (Fsp3) is 0.400. The molecule has 1 saturated carbocycles. The number of aliphatic hydroxyl groups excluding tert-OH is 1. The molecule has 0 aliphatic heterocycles. The molecular formula is C15H17N3O3. The van der Waals surface area contributed by atoms with E-state index in [2.05, 4.69) is 15.5 Å². The highest BCUT2D eigenvalue weighted by molar-refractivity contribution is 6.01. The summed E-state index contributed by atoms with van der Waals surface area (Å²) in [5, 5.41) is 16.7. The molecule has 1 amide bonds. The summed E-state index contributed by atoms with van der Waals surface area (Å²) in [6.07, 6.45) is 5.47. The van der Waals surface area contributed by atoms with Gasteiger partial charge in [-0.05, 0) is 38.3 Å². The Morgan fingerprint density at radius 2 is 2.33 bits per heavy atom. The number of carbonyl (C=O) groups excluding carboxylic acids is 1. The molecule has 21 heavy (non-hydrogen) atoms. The van der Waals surface area contributed by atoms with E-state index in [1.165, 1.54) is 0 Å². The first kappa shape index (κ1) is 13.8. The molecule has 1 fully saturated rings. The van der Waals surface area contributed by atoms with Gasteiger partial charge in [0.05, 0.1) is 0 Å². The van der Waals surface area contributed by atoms with Gasteiger partial charge in [-0.3, -0.25) is 9.78 Å². The van der Waals surface area contributed by atoms with Crippen molar-refractivity contribution < 1.29 is 14.4 Å². The van der Waals surface area contributed by atoms with Crippen LogP contribution in [-0.4, -0.2) is 27.2 Å². The third-order valence-electron chi connectivity index (χ3n) is 3.70.